The van der Waals surface area contributed by atoms with Crippen molar-refractivity contribution in [2.45, 2.75) is 51.9 Å². The Bertz CT molecular complexity index is 93.2. The highest BCUT2D eigenvalue weighted by Crippen LogP contribution is 2.22. The molecule has 0 saturated heterocycles. The van der Waals surface area contributed by atoms with Crippen LogP contribution >= 0.6 is 0 Å². The van der Waals surface area contributed by atoms with E-state index in [0.29, 0.717) is 0 Å². The molecule has 0 atom stereocenters. The maximum atomic E-state index is 4.56. The molecule has 71 valence electrons. The lowest BCUT2D eigenvalue weighted by Gasteiger charge is -2.12. The highest BCUT2D eigenvalue weighted by molar-refractivity contribution is 4.66. The highest BCUT2D eigenvalue weighted by Gasteiger charge is 2.11. The first-order valence-electron chi connectivity index (χ1n) is 5.56. The summed E-state index contributed by atoms with van der Waals surface area (Å²) in [5, 5.41) is 4.56. The summed E-state index contributed by atoms with van der Waals surface area (Å²) in [5.74, 6) is 0.930. The van der Waals surface area contributed by atoms with Gasteiger partial charge >= 0.3 is 0 Å². The van der Waals surface area contributed by atoms with Crippen LogP contribution in [0.2, 0.25) is 0 Å². The van der Waals surface area contributed by atoms with Gasteiger partial charge in [0.15, 0.2) is 0 Å². The second-order valence-electron chi connectivity index (χ2n) is 3.99. The first kappa shape index (κ1) is 10.0. The van der Waals surface area contributed by atoms with E-state index in [1.807, 2.05) is 0 Å². The monoisotopic (exact) mass is 168 g/mol. The fraction of sp³-hybridized carbons (Fsp3) is 1.00. The topological polar surface area (TPSA) is 14.1 Å². The van der Waals surface area contributed by atoms with Gasteiger partial charge in [0.2, 0.25) is 0 Å². The zero-order chi connectivity index (χ0) is 8.65. The molecular formula is C11H22N. The Morgan fingerprint density at radius 2 is 1.75 bits per heavy atom. The largest absolute Gasteiger partial charge is 0.242 e. The molecule has 0 N–H and O–H groups in total. The average Bonchev–Trinajstić information content (AvgIpc) is 2.33. The van der Waals surface area contributed by atoms with Crippen LogP contribution in [0, 0.1) is 5.92 Å². The molecule has 0 aliphatic heterocycles. The Balaban J connectivity index is 2.04. The summed E-state index contributed by atoms with van der Waals surface area (Å²) in [4.78, 5) is 0. The van der Waals surface area contributed by atoms with Crippen molar-refractivity contribution in [3.8, 4) is 0 Å². The zero-order valence-corrected chi connectivity index (χ0v) is 8.39. The van der Waals surface area contributed by atoms with Gasteiger partial charge in [0.25, 0.3) is 0 Å². The number of rotatable bonds is 4. The molecule has 0 aromatic rings. The van der Waals surface area contributed by atoms with Crippen LogP contribution in [0.15, 0.2) is 0 Å². The van der Waals surface area contributed by atoms with Crippen molar-refractivity contribution >= 4 is 0 Å². The number of hydrogen-bond acceptors (Lipinski definition) is 0. The molecule has 1 heteroatoms. The molecule has 1 fully saturated rings. The Labute approximate surface area is 76.9 Å². The Kier molecular flexibility index (Phi) is 5.42. The van der Waals surface area contributed by atoms with Crippen LogP contribution in [-0.4, -0.2) is 13.1 Å². The zero-order valence-electron chi connectivity index (χ0n) is 8.39. The van der Waals surface area contributed by atoms with E-state index in [-0.39, 0.29) is 0 Å². The summed E-state index contributed by atoms with van der Waals surface area (Å²) in [5.41, 5.74) is 0. The smallest absolute Gasteiger partial charge is 0.0161 e. The predicted octanol–water partition coefficient (Wildman–Crippen LogP) is 2.97. The number of nitrogens with zero attached hydrogens (tertiary/aromatic N) is 1. The number of hydrogen-bond donors (Lipinski definition) is 0. The lowest BCUT2D eigenvalue weighted by Crippen LogP contribution is -2.16. The third-order valence-electron chi connectivity index (χ3n) is 2.74. The van der Waals surface area contributed by atoms with Crippen LogP contribution in [0.25, 0.3) is 0 Å². The molecule has 1 rings (SSSR count). The van der Waals surface area contributed by atoms with Crippen molar-refractivity contribution in [3.05, 3.63) is 0 Å². The molecule has 1 saturated carbocycles. The molecular weight excluding hydrogens is 146 g/mol. The van der Waals surface area contributed by atoms with Gasteiger partial charge in [-0.1, -0.05) is 32.6 Å². The maximum Gasteiger partial charge on any atom is 0.0161 e. The van der Waals surface area contributed by atoms with E-state index in [1.165, 1.54) is 44.9 Å². The van der Waals surface area contributed by atoms with E-state index >= 15 is 0 Å². The molecule has 1 aliphatic carbocycles. The molecule has 0 aromatic heterocycles. The Morgan fingerprint density at radius 3 is 2.33 bits per heavy atom. The first-order chi connectivity index (χ1) is 5.93. The molecule has 0 unspecified atom stereocenters. The minimum Gasteiger partial charge on any atom is -0.242 e. The minimum atomic E-state index is 0.930. The van der Waals surface area contributed by atoms with Gasteiger partial charge in [-0.3, -0.25) is 0 Å². The third-order valence-corrected chi connectivity index (χ3v) is 2.74. The lowest BCUT2D eigenvalue weighted by atomic mass is 10.0. The van der Waals surface area contributed by atoms with Crippen molar-refractivity contribution in [1.82, 2.24) is 5.32 Å². The summed E-state index contributed by atoms with van der Waals surface area (Å²) in [6.07, 6.45) is 9.92. The second-order valence-corrected chi connectivity index (χ2v) is 3.99. The fourth-order valence-electron chi connectivity index (χ4n) is 1.98. The Morgan fingerprint density at radius 1 is 1.08 bits per heavy atom. The Hall–Kier alpha value is -0.0400. The lowest BCUT2D eigenvalue weighted by molar-refractivity contribution is 0.421. The van der Waals surface area contributed by atoms with E-state index in [4.69, 9.17) is 0 Å². The summed E-state index contributed by atoms with van der Waals surface area (Å²) >= 11 is 0. The second kappa shape index (κ2) is 6.47. The summed E-state index contributed by atoms with van der Waals surface area (Å²) in [6, 6.07) is 0. The van der Waals surface area contributed by atoms with Crippen LogP contribution in [-0.2, 0) is 0 Å². The van der Waals surface area contributed by atoms with Crippen LogP contribution in [0.5, 0.6) is 0 Å². The van der Waals surface area contributed by atoms with Crippen LogP contribution in [0.4, 0.5) is 0 Å². The summed E-state index contributed by atoms with van der Waals surface area (Å²) in [6.45, 7) is 4.43. The molecule has 12 heavy (non-hydrogen) atoms. The van der Waals surface area contributed by atoms with E-state index in [2.05, 4.69) is 12.2 Å². The van der Waals surface area contributed by atoms with E-state index in [0.717, 1.165) is 19.0 Å². The average molecular weight is 168 g/mol. The van der Waals surface area contributed by atoms with Gasteiger partial charge in [0.1, 0.15) is 0 Å². The van der Waals surface area contributed by atoms with Gasteiger partial charge in [0, 0.05) is 13.1 Å². The SMILES string of the molecule is CCC[N]CC1CCCCCC1. The van der Waals surface area contributed by atoms with Gasteiger partial charge < -0.3 is 0 Å². The predicted molar refractivity (Wildman–Crippen MR) is 53.4 cm³/mol. The standard InChI is InChI=1S/C11H22N/c1-2-9-12-10-11-7-5-3-4-6-8-11/h11H,2-10H2,1H3. The van der Waals surface area contributed by atoms with Crippen LogP contribution < -0.4 is 5.32 Å². The van der Waals surface area contributed by atoms with E-state index < -0.39 is 0 Å². The van der Waals surface area contributed by atoms with Crippen molar-refractivity contribution in [1.29, 1.82) is 0 Å². The van der Waals surface area contributed by atoms with Gasteiger partial charge in [0.05, 0.1) is 0 Å². The van der Waals surface area contributed by atoms with Crippen molar-refractivity contribution in [2.75, 3.05) is 13.1 Å². The highest BCUT2D eigenvalue weighted by atomic mass is 14.8. The minimum absolute atomic E-state index is 0.930. The quantitative estimate of drug-likeness (QED) is 0.452. The third kappa shape index (κ3) is 4.10. The summed E-state index contributed by atoms with van der Waals surface area (Å²) in [7, 11) is 0. The van der Waals surface area contributed by atoms with Gasteiger partial charge in [-0.25, -0.2) is 5.32 Å². The van der Waals surface area contributed by atoms with Gasteiger partial charge in [-0.2, -0.15) is 0 Å². The first-order valence-corrected chi connectivity index (χ1v) is 5.56. The molecule has 1 aliphatic rings. The van der Waals surface area contributed by atoms with Gasteiger partial charge in [-0.15, -0.1) is 0 Å². The molecule has 1 nitrogen and oxygen atoms in total. The van der Waals surface area contributed by atoms with Gasteiger partial charge in [-0.05, 0) is 25.2 Å². The van der Waals surface area contributed by atoms with Crippen molar-refractivity contribution in [3.63, 3.8) is 0 Å². The maximum absolute atomic E-state index is 4.56. The summed E-state index contributed by atoms with van der Waals surface area (Å²) < 4.78 is 0. The van der Waals surface area contributed by atoms with Crippen LogP contribution in [0.1, 0.15) is 51.9 Å². The molecule has 0 aromatic carbocycles. The van der Waals surface area contributed by atoms with Crippen molar-refractivity contribution < 1.29 is 0 Å². The van der Waals surface area contributed by atoms with Crippen LogP contribution in [0.3, 0.4) is 0 Å². The van der Waals surface area contributed by atoms with Crippen molar-refractivity contribution in [2.24, 2.45) is 5.92 Å². The molecule has 1 radical (unpaired) electrons. The molecule has 0 spiro atoms. The molecule has 0 heterocycles. The normalized spacial score (nSPS) is 20.8. The molecule has 0 bridgehead atoms. The van der Waals surface area contributed by atoms with E-state index in [9.17, 15) is 0 Å². The molecule has 0 amide bonds. The van der Waals surface area contributed by atoms with E-state index in [1.54, 1.807) is 0 Å². The fourth-order valence-corrected chi connectivity index (χ4v) is 1.98.